The predicted octanol–water partition coefficient (Wildman–Crippen LogP) is 4.71. The van der Waals surface area contributed by atoms with Crippen LogP contribution in [0.15, 0.2) is 42.5 Å². The normalized spacial score (nSPS) is 11.8. The summed E-state index contributed by atoms with van der Waals surface area (Å²) in [7, 11) is 0. The number of rotatable bonds is 4. The molecule has 0 aliphatic rings. The predicted molar refractivity (Wildman–Crippen MR) is 86.4 cm³/mol. The first-order valence-corrected chi connectivity index (χ1v) is 7.22. The SMILES string of the molecule is Cc1ccccc1OC(C)C(=O)Nc1c(Cl)cccc1Cl. The van der Waals surface area contributed by atoms with E-state index in [-0.39, 0.29) is 5.91 Å². The number of hydrogen-bond acceptors (Lipinski definition) is 2. The first-order valence-electron chi connectivity index (χ1n) is 6.46. The maximum absolute atomic E-state index is 12.2. The van der Waals surface area contributed by atoms with E-state index in [1.165, 1.54) is 0 Å². The van der Waals surface area contributed by atoms with Gasteiger partial charge in [-0.25, -0.2) is 0 Å². The molecule has 1 amide bonds. The summed E-state index contributed by atoms with van der Waals surface area (Å²) in [5, 5.41) is 3.47. The van der Waals surface area contributed by atoms with Crippen LogP contribution in [0.4, 0.5) is 5.69 Å². The van der Waals surface area contributed by atoms with Gasteiger partial charge in [-0.15, -0.1) is 0 Å². The maximum atomic E-state index is 12.2. The summed E-state index contributed by atoms with van der Waals surface area (Å²) >= 11 is 12.0. The number of amides is 1. The molecule has 0 bridgehead atoms. The number of hydrogen-bond donors (Lipinski definition) is 1. The lowest BCUT2D eigenvalue weighted by Gasteiger charge is -2.17. The van der Waals surface area contributed by atoms with Crippen molar-refractivity contribution in [3.63, 3.8) is 0 Å². The Hall–Kier alpha value is -1.71. The standard InChI is InChI=1S/C16H15Cl2NO2/c1-10-6-3-4-9-14(10)21-11(2)16(20)19-15-12(17)7-5-8-13(15)18/h3-9,11H,1-2H3,(H,19,20). The van der Waals surface area contributed by atoms with Crippen molar-refractivity contribution in [2.75, 3.05) is 5.32 Å². The lowest BCUT2D eigenvalue weighted by atomic mass is 10.2. The van der Waals surface area contributed by atoms with Gasteiger partial charge in [0.25, 0.3) is 5.91 Å². The smallest absolute Gasteiger partial charge is 0.265 e. The number of ether oxygens (including phenoxy) is 1. The van der Waals surface area contributed by atoms with Gasteiger partial charge < -0.3 is 10.1 Å². The van der Waals surface area contributed by atoms with Crippen LogP contribution >= 0.6 is 23.2 Å². The van der Waals surface area contributed by atoms with Crippen LogP contribution in [0.3, 0.4) is 0 Å². The number of benzene rings is 2. The van der Waals surface area contributed by atoms with Crippen molar-refractivity contribution in [3.8, 4) is 5.75 Å². The van der Waals surface area contributed by atoms with Crippen molar-refractivity contribution in [1.82, 2.24) is 0 Å². The Morgan fingerprint density at radius 3 is 2.33 bits per heavy atom. The molecular weight excluding hydrogens is 309 g/mol. The van der Waals surface area contributed by atoms with Gasteiger partial charge in [0, 0.05) is 0 Å². The number of carbonyl (C=O) groups excluding carboxylic acids is 1. The van der Waals surface area contributed by atoms with Crippen LogP contribution in [0, 0.1) is 6.92 Å². The molecule has 21 heavy (non-hydrogen) atoms. The number of halogens is 2. The van der Waals surface area contributed by atoms with E-state index in [4.69, 9.17) is 27.9 Å². The fraction of sp³-hybridized carbons (Fsp3) is 0.188. The molecule has 0 saturated heterocycles. The van der Waals surface area contributed by atoms with Crippen LogP contribution in [0.2, 0.25) is 10.0 Å². The fourth-order valence-corrected chi connectivity index (χ4v) is 2.27. The molecule has 0 spiro atoms. The maximum Gasteiger partial charge on any atom is 0.265 e. The van der Waals surface area contributed by atoms with E-state index >= 15 is 0 Å². The summed E-state index contributed by atoms with van der Waals surface area (Å²) in [5.41, 5.74) is 1.36. The van der Waals surface area contributed by atoms with E-state index in [1.54, 1.807) is 25.1 Å². The highest BCUT2D eigenvalue weighted by Crippen LogP contribution is 2.30. The molecular formula is C16H15Cl2NO2. The second-order valence-corrected chi connectivity index (χ2v) is 5.43. The minimum absolute atomic E-state index is 0.312. The van der Waals surface area contributed by atoms with E-state index in [0.717, 1.165) is 5.56 Å². The van der Waals surface area contributed by atoms with E-state index in [9.17, 15) is 4.79 Å². The zero-order valence-corrected chi connectivity index (χ0v) is 13.2. The van der Waals surface area contributed by atoms with Gasteiger partial charge in [0.1, 0.15) is 5.75 Å². The molecule has 110 valence electrons. The van der Waals surface area contributed by atoms with Crippen molar-refractivity contribution in [2.24, 2.45) is 0 Å². The van der Waals surface area contributed by atoms with Crippen LogP contribution in [0.25, 0.3) is 0 Å². The Bertz CT molecular complexity index is 638. The quantitative estimate of drug-likeness (QED) is 0.885. The van der Waals surface area contributed by atoms with E-state index in [0.29, 0.717) is 21.5 Å². The number of anilines is 1. The summed E-state index contributed by atoms with van der Waals surface area (Å²) in [4.78, 5) is 12.2. The highest BCUT2D eigenvalue weighted by atomic mass is 35.5. The average Bonchev–Trinajstić information content (AvgIpc) is 2.45. The summed E-state index contributed by atoms with van der Waals surface area (Å²) in [5.74, 6) is 0.360. The highest BCUT2D eigenvalue weighted by Gasteiger charge is 2.18. The zero-order valence-electron chi connectivity index (χ0n) is 11.7. The third kappa shape index (κ3) is 3.90. The molecule has 0 aliphatic carbocycles. The largest absolute Gasteiger partial charge is 0.481 e. The Morgan fingerprint density at radius 2 is 1.71 bits per heavy atom. The zero-order chi connectivity index (χ0) is 15.4. The van der Waals surface area contributed by atoms with Gasteiger partial charge in [0.2, 0.25) is 0 Å². The summed E-state index contributed by atoms with van der Waals surface area (Å²) < 4.78 is 5.66. The Labute approximate surface area is 133 Å². The van der Waals surface area contributed by atoms with E-state index in [2.05, 4.69) is 5.32 Å². The Kier molecular flexibility index (Phi) is 5.10. The van der Waals surface area contributed by atoms with Gasteiger partial charge in [-0.2, -0.15) is 0 Å². The second kappa shape index (κ2) is 6.83. The Morgan fingerprint density at radius 1 is 1.10 bits per heavy atom. The van der Waals surface area contributed by atoms with Crippen molar-refractivity contribution >= 4 is 34.8 Å². The number of aryl methyl sites for hydroxylation is 1. The lowest BCUT2D eigenvalue weighted by Crippen LogP contribution is -2.30. The third-order valence-electron chi connectivity index (χ3n) is 2.98. The topological polar surface area (TPSA) is 38.3 Å². The molecule has 3 nitrogen and oxygen atoms in total. The Balaban J connectivity index is 2.08. The minimum atomic E-state index is -0.668. The molecule has 2 aromatic carbocycles. The first kappa shape index (κ1) is 15.7. The van der Waals surface area contributed by atoms with Gasteiger partial charge in [-0.3, -0.25) is 4.79 Å². The highest BCUT2D eigenvalue weighted by molar-refractivity contribution is 6.39. The van der Waals surface area contributed by atoms with Crippen LogP contribution in [-0.2, 0) is 4.79 Å². The molecule has 0 aliphatic heterocycles. The number of carbonyl (C=O) groups is 1. The number of para-hydroxylation sites is 2. The molecule has 0 radical (unpaired) electrons. The molecule has 1 N–H and O–H groups in total. The second-order valence-electron chi connectivity index (χ2n) is 4.61. The molecule has 0 saturated carbocycles. The molecule has 1 atom stereocenters. The lowest BCUT2D eigenvalue weighted by molar-refractivity contribution is -0.122. The summed E-state index contributed by atoms with van der Waals surface area (Å²) in [6.45, 7) is 3.59. The van der Waals surface area contributed by atoms with Crippen molar-refractivity contribution < 1.29 is 9.53 Å². The third-order valence-corrected chi connectivity index (χ3v) is 3.61. The van der Waals surface area contributed by atoms with Gasteiger partial charge in [-0.1, -0.05) is 47.5 Å². The monoisotopic (exact) mass is 323 g/mol. The van der Waals surface area contributed by atoms with Crippen molar-refractivity contribution in [3.05, 3.63) is 58.1 Å². The molecule has 2 aromatic rings. The fourth-order valence-electron chi connectivity index (χ4n) is 1.77. The van der Waals surface area contributed by atoms with Gasteiger partial charge in [-0.05, 0) is 37.6 Å². The van der Waals surface area contributed by atoms with Gasteiger partial charge >= 0.3 is 0 Å². The first-order chi connectivity index (χ1) is 9.99. The molecule has 0 fully saturated rings. The van der Waals surface area contributed by atoms with Crippen molar-refractivity contribution in [1.29, 1.82) is 0 Å². The average molecular weight is 324 g/mol. The molecule has 0 heterocycles. The van der Waals surface area contributed by atoms with Gasteiger partial charge in [0.05, 0.1) is 15.7 Å². The number of nitrogens with one attached hydrogen (secondary N) is 1. The van der Waals surface area contributed by atoms with Gasteiger partial charge in [0.15, 0.2) is 6.10 Å². The van der Waals surface area contributed by atoms with Crippen molar-refractivity contribution in [2.45, 2.75) is 20.0 Å². The summed E-state index contributed by atoms with van der Waals surface area (Å²) in [6.07, 6.45) is -0.668. The van der Waals surface area contributed by atoms with Crippen LogP contribution in [0.1, 0.15) is 12.5 Å². The van der Waals surface area contributed by atoms with E-state index < -0.39 is 6.10 Å². The van der Waals surface area contributed by atoms with E-state index in [1.807, 2.05) is 31.2 Å². The minimum Gasteiger partial charge on any atom is -0.481 e. The molecule has 1 unspecified atom stereocenters. The molecule has 2 rings (SSSR count). The van der Waals surface area contributed by atoms with Crippen LogP contribution < -0.4 is 10.1 Å². The van der Waals surface area contributed by atoms with Crippen LogP contribution in [-0.4, -0.2) is 12.0 Å². The van der Waals surface area contributed by atoms with Crippen LogP contribution in [0.5, 0.6) is 5.75 Å². The molecule has 5 heteroatoms. The molecule has 0 aromatic heterocycles. The summed E-state index contributed by atoms with van der Waals surface area (Å²) in [6, 6.07) is 12.6.